The van der Waals surface area contributed by atoms with Crippen LogP contribution >= 0.6 is 0 Å². The molecule has 0 N–H and O–H groups in total. The zero-order chi connectivity index (χ0) is 12.3. The summed E-state index contributed by atoms with van der Waals surface area (Å²) in [7, 11) is 0. The summed E-state index contributed by atoms with van der Waals surface area (Å²) in [5.74, 6) is 0.618. The molecular formula is C15H27N. The molecular weight excluding hydrogens is 194 g/mol. The number of rotatable bonds is 4. The Morgan fingerprint density at radius 2 is 1.88 bits per heavy atom. The van der Waals surface area contributed by atoms with E-state index in [-0.39, 0.29) is 5.41 Å². The minimum atomic E-state index is 0.265. The first-order valence-corrected chi connectivity index (χ1v) is 6.56. The van der Waals surface area contributed by atoms with Crippen LogP contribution < -0.4 is 0 Å². The third kappa shape index (κ3) is 3.13. The molecule has 1 aromatic heterocycles. The summed E-state index contributed by atoms with van der Waals surface area (Å²) in [6.07, 6.45) is 4.89. The lowest BCUT2D eigenvalue weighted by atomic mass is 9.89. The van der Waals surface area contributed by atoms with Crippen LogP contribution in [-0.2, 0) is 12.0 Å². The Bertz CT molecular complexity index is 326. The molecule has 0 amide bonds. The third-order valence-electron chi connectivity index (χ3n) is 3.14. The van der Waals surface area contributed by atoms with Crippen LogP contribution in [0.3, 0.4) is 0 Å². The molecule has 16 heavy (non-hydrogen) atoms. The highest BCUT2D eigenvalue weighted by Gasteiger charge is 2.18. The van der Waals surface area contributed by atoms with Gasteiger partial charge in [-0.25, -0.2) is 0 Å². The van der Waals surface area contributed by atoms with Crippen LogP contribution in [-0.4, -0.2) is 4.57 Å². The number of nitrogens with zero attached hydrogens (tertiary/aromatic N) is 1. The molecule has 0 saturated carbocycles. The molecule has 1 heterocycles. The first kappa shape index (κ1) is 13.3. The first-order chi connectivity index (χ1) is 7.36. The number of hydrogen-bond acceptors (Lipinski definition) is 0. The molecule has 0 aliphatic rings. The average Bonchev–Trinajstić information content (AvgIpc) is 2.57. The van der Waals surface area contributed by atoms with Gasteiger partial charge in [-0.1, -0.05) is 48.0 Å². The van der Waals surface area contributed by atoms with Crippen molar-refractivity contribution < 1.29 is 0 Å². The average molecular weight is 221 g/mol. The molecule has 1 heteroatoms. The van der Waals surface area contributed by atoms with E-state index >= 15 is 0 Å². The van der Waals surface area contributed by atoms with E-state index in [2.05, 4.69) is 58.4 Å². The van der Waals surface area contributed by atoms with E-state index in [9.17, 15) is 0 Å². The van der Waals surface area contributed by atoms with Crippen LogP contribution in [0.5, 0.6) is 0 Å². The summed E-state index contributed by atoms with van der Waals surface area (Å²) in [6.45, 7) is 14.8. The van der Waals surface area contributed by atoms with E-state index < -0.39 is 0 Å². The second kappa shape index (κ2) is 5.07. The van der Waals surface area contributed by atoms with Crippen molar-refractivity contribution in [3.63, 3.8) is 0 Å². The molecule has 0 aliphatic heterocycles. The van der Waals surface area contributed by atoms with E-state index in [1.54, 1.807) is 0 Å². The zero-order valence-corrected chi connectivity index (χ0v) is 11.8. The Morgan fingerprint density at radius 3 is 2.31 bits per heavy atom. The Morgan fingerprint density at radius 1 is 1.25 bits per heavy atom. The van der Waals surface area contributed by atoms with E-state index in [4.69, 9.17) is 0 Å². The maximum atomic E-state index is 2.45. The van der Waals surface area contributed by atoms with Crippen LogP contribution in [0.4, 0.5) is 0 Å². The predicted molar refractivity (Wildman–Crippen MR) is 72.1 cm³/mol. The second-order valence-electron chi connectivity index (χ2n) is 6.11. The minimum Gasteiger partial charge on any atom is -0.351 e. The Kier molecular flexibility index (Phi) is 4.23. The predicted octanol–water partition coefficient (Wildman–Crippen LogP) is 4.71. The molecule has 0 aromatic carbocycles. The Hall–Kier alpha value is -0.720. The van der Waals surface area contributed by atoms with Gasteiger partial charge in [0.1, 0.15) is 0 Å². The van der Waals surface area contributed by atoms with Crippen LogP contribution in [0.15, 0.2) is 12.3 Å². The summed E-state index contributed by atoms with van der Waals surface area (Å²) in [4.78, 5) is 0. The van der Waals surface area contributed by atoms with Gasteiger partial charge in [0.05, 0.1) is 0 Å². The van der Waals surface area contributed by atoms with Crippen molar-refractivity contribution in [2.45, 2.75) is 72.3 Å². The number of aromatic nitrogens is 1. The lowest BCUT2D eigenvalue weighted by molar-refractivity contribution is 0.574. The molecule has 1 nitrogen and oxygen atoms in total. The van der Waals surface area contributed by atoms with Crippen molar-refractivity contribution in [1.29, 1.82) is 0 Å². The molecule has 1 rings (SSSR count). The first-order valence-electron chi connectivity index (χ1n) is 6.56. The molecule has 0 bridgehead atoms. The van der Waals surface area contributed by atoms with Gasteiger partial charge in [-0.15, -0.1) is 0 Å². The van der Waals surface area contributed by atoms with Gasteiger partial charge in [-0.2, -0.15) is 0 Å². The minimum absolute atomic E-state index is 0.265. The summed E-state index contributed by atoms with van der Waals surface area (Å²) in [5.41, 5.74) is 3.21. The Balaban J connectivity index is 3.00. The van der Waals surface area contributed by atoms with Gasteiger partial charge < -0.3 is 4.57 Å². The number of unbranched alkanes of at least 4 members (excludes halogenated alkanes) is 1. The van der Waals surface area contributed by atoms with Gasteiger partial charge in [0.2, 0.25) is 0 Å². The summed E-state index contributed by atoms with van der Waals surface area (Å²) in [6, 6.07) is 2.39. The van der Waals surface area contributed by atoms with Crippen molar-refractivity contribution in [3.05, 3.63) is 23.5 Å². The van der Waals surface area contributed by atoms with Crippen LogP contribution in [0, 0.1) is 0 Å². The van der Waals surface area contributed by atoms with E-state index in [1.807, 2.05) is 0 Å². The topological polar surface area (TPSA) is 4.93 Å². The molecule has 0 unspecified atom stereocenters. The molecule has 1 aromatic rings. The van der Waals surface area contributed by atoms with Crippen LogP contribution in [0.1, 0.15) is 71.6 Å². The molecule has 0 fully saturated rings. The smallest absolute Gasteiger partial charge is 0.0222 e. The number of hydrogen-bond donors (Lipinski definition) is 0. The lowest BCUT2D eigenvalue weighted by Crippen LogP contribution is -2.09. The van der Waals surface area contributed by atoms with E-state index in [1.165, 1.54) is 30.6 Å². The Labute approximate surface area is 101 Å². The van der Waals surface area contributed by atoms with Gasteiger partial charge in [-0.3, -0.25) is 0 Å². The van der Waals surface area contributed by atoms with Crippen molar-refractivity contribution in [2.75, 3.05) is 0 Å². The maximum absolute atomic E-state index is 2.45. The quantitative estimate of drug-likeness (QED) is 0.694. The molecule has 92 valence electrons. The van der Waals surface area contributed by atoms with Crippen molar-refractivity contribution >= 4 is 0 Å². The number of aryl methyl sites for hydroxylation is 1. The highest BCUT2D eigenvalue weighted by atomic mass is 15.0. The van der Waals surface area contributed by atoms with E-state index in [0.717, 1.165) is 0 Å². The van der Waals surface area contributed by atoms with Gasteiger partial charge in [0.25, 0.3) is 0 Å². The summed E-state index contributed by atoms with van der Waals surface area (Å²) >= 11 is 0. The summed E-state index contributed by atoms with van der Waals surface area (Å²) < 4.78 is 2.45. The molecule has 0 radical (unpaired) electrons. The lowest BCUT2D eigenvalue weighted by Gasteiger charge is -2.16. The standard InChI is InChI=1S/C15H27N/c1-7-8-9-16-11-13(15(4,5)6)10-14(16)12(2)3/h10-12H,7-9H2,1-6H3. The second-order valence-corrected chi connectivity index (χ2v) is 6.11. The fraction of sp³-hybridized carbons (Fsp3) is 0.733. The van der Waals surface area contributed by atoms with Gasteiger partial charge in [-0.05, 0) is 29.4 Å². The monoisotopic (exact) mass is 221 g/mol. The largest absolute Gasteiger partial charge is 0.351 e. The normalized spacial score (nSPS) is 12.4. The molecule has 0 aliphatic carbocycles. The third-order valence-corrected chi connectivity index (χ3v) is 3.14. The maximum Gasteiger partial charge on any atom is 0.0222 e. The van der Waals surface area contributed by atoms with Crippen LogP contribution in [0.2, 0.25) is 0 Å². The highest BCUT2D eigenvalue weighted by molar-refractivity contribution is 5.27. The molecule has 0 atom stereocenters. The van der Waals surface area contributed by atoms with E-state index in [0.29, 0.717) is 5.92 Å². The van der Waals surface area contributed by atoms with Crippen molar-refractivity contribution in [1.82, 2.24) is 4.57 Å². The molecule has 0 saturated heterocycles. The van der Waals surface area contributed by atoms with Crippen LogP contribution in [0.25, 0.3) is 0 Å². The highest BCUT2D eigenvalue weighted by Crippen LogP contribution is 2.27. The van der Waals surface area contributed by atoms with Gasteiger partial charge in [0, 0.05) is 18.4 Å². The fourth-order valence-electron chi connectivity index (χ4n) is 1.95. The van der Waals surface area contributed by atoms with Gasteiger partial charge in [0.15, 0.2) is 0 Å². The molecule has 0 spiro atoms. The fourth-order valence-corrected chi connectivity index (χ4v) is 1.95. The van der Waals surface area contributed by atoms with Crippen molar-refractivity contribution in [2.24, 2.45) is 0 Å². The summed E-state index contributed by atoms with van der Waals surface area (Å²) in [5, 5.41) is 0. The van der Waals surface area contributed by atoms with Gasteiger partial charge >= 0.3 is 0 Å². The zero-order valence-electron chi connectivity index (χ0n) is 11.8. The SMILES string of the molecule is CCCCn1cc(C(C)(C)C)cc1C(C)C. The van der Waals surface area contributed by atoms with Crippen molar-refractivity contribution in [3.8, 4) is 0 Å².